The molecule has 0 radical (unpaired) electrons. The van der Waals surface area contributed by atoms with Crippen molar-refractivity contribution in [3.63, 3.8) is 0 Å². The molecule has 2 aliphatic rings. The Kier molecular flexibility index (Phi) is 3.09. The number of esters is 1. The van der Waals surface area contributed by atoms with Crippen LogP contribution in [0.2, 0.25) is 0 Å². The monoisotopic (exact) mass is 222 g/mol. The summed E-state index contributed by atoms with van der Waals surface area (Å²) in [6, 6.07) is 0. The minimum atomic E-state index is -0.261. The highest BCUT2D eigenvalue weighted by Crippen LogP contribution is 2.52. The molecule has 0 amide bonds. The number of carbonyl (C=O) groups is 1. The maximum atomic E-state index is 11.4. The first-order chi connectivity index (χ1) is 7.57. The summed E-state index contributed by atoms with van der Waals surface area (Å²) in [5, 5.41) is 0. The van der Waals surface area contributed by atoms with E-state index in [0.29, 0.717) is 5.92 Å². The van der Waals surface area contributed by atoms with Crippen molar-refractivity contribution in [2.45, 2.75) is 51.6 Å². The van der Waals surface area contributed by atoms with Crippen molar-refractivity contribution in [2.24, 2.45) is 17.8 Å². The summed E-state index contributed by atoms with van der Waals surface area (Å²) in [7, 11) is 0. The second kappa shape index (κ2) is 4.23. The molecule has 2 saturated carbocycles. The Morgan fingerprint density at radius 3 is 2.88 bits per heavy atom. The molecule has 16 heavy (non-hydrogen) atoms. The van der Waals surface area contributed by atoms with Gasteiger partial charge in [0.2, 0.25) is 0 Å². The maximum Gasteiger partial charge on any atom is 0.330 e. The van der Waals surface area contributed by atoms with Crippen LogP contribution in [0.4, 0.5) is 0 Å². The lowest BCUT2D eigenvalue weighted by Crippen LogP contribution is -2.35. The van der Waals surface area contributed by atoms with Crippen LogP contribution in [-0.2, 0) is 9.53 Å². The number of carbonyl (C=O) groups excluding carboxylic acids is 1. The van der Waals surface area contributed by atoms with Crippen LogP contribution in [0, 0.1) is 17.8 Å². The van der Waals surface area contributed by atoms with Gasteiger partial charge in [-0.1, -0.05) is 19.9 Å². The average Bonchev–Trinajstić information content (AvgIpc) is 2.48. The van der Waals surface area contributed by atoms with Gasteiger partial charge in [0.1, 0.15) is 5.60 Å². The molecule has 4 atom stereocenters. The van der Waals surface area contributed by atoms with Crippen molar-refractivity contribution in [1.82, 2.24) is 0 Å². The zero-order valence-corrected chi connectivity index (χ0v) is 10.4. The van der Waals surface area contributed by atoms with Gasteiger partial charge in [-0.05, 0) is 50.4 Å². The fourth-order valence-electron chi connectivity index (χ4n) is 3.70. The average molecular weight is 222 g/mol. The van der Waals surface area contributed by atoms with Crippen LogP contribution in [0.15, 0.2) is 12.7 Å². The summed E-state index contributed by atoms with van der Waals surface area (Å²) in [6.45, 7) is 7.85. The Morgan fingerprint density at radius 2 is 2.25 bits per heavy atom. The van der Waals surface area contributed by atoms with E-state index in [1.165, 1.54) is 31.8 Å². The Balaban J connectivity index is 2.07. The molecule has 2 heteroatoms. The van der Waals surface area contributed by atoms with Gasteiger partial charge in [-0.15, -0.1) is 0 Å². The maximum absolute atomic E-state index is 11.4. The van der Waals surface area contributed by atoms with Crippen molar-refractivity contribution in [1.29, 1.82) is 0 Å². The summed E-state index contributed by atoms with van der Waals surface area (Å²) in [6.07, 6.45) is 7.40. The number of hydrogen-bond donors (Lipinski definition) is 0. The molecule has 4 unspecified atom stereocenters. The first-order valence-corrected chi connectivity index (χ1v) is 6.42. The lowest BCUT2D eigenvalue weighted by atomic mass is 9.78. The van der Waals surface area contributed by atoms with Crippen LogP contribution in [0.5, 0.6) is 0 Å². The fraction of sp³-hybridized carbons (Fsp3) is 0.786. The molecule has 2 fully saturated rings. The first-order valence-electron chi connectivity index (χ1n) is 6.42. The van der Waals surface area contributed by atoms with Gasteiger partial charge in [0.25, 0.3) is 0 Å². The second-order valence-electron chi connectivity index (χ2n) is 5.69. The smallest absolute Gasteiger partial charge is 0.330 e. The van der Waals surface area contributed by atoms with Gasteiger partial charge in [0, 0.05) is 6.08 Å². The van der Waals surface area contributed by atoms with Crippen LogP contribution in [0.3, 0.4) is 0 Å². The molecule has 0 heterocycles. The van der Waals surface area contributed by atoms with E-state index in [-0.39, 0.29) is 11.6 Å². The highest BCUT2D eigenvalue weighted by Gasteiger charge is 2.50. The third-order valence-corrected chi connectivity index (χ3v) is 4.54. The summed E-state index contributed by atoms with van der Waals surface area (Å²) in [5.41, 5.74) is -0.222. The largest absolute Gasteiger partial charge is 0.456 e. The zero-order chi connectivity index (χ0) is 11.8. The normalized spacial score (nSPS) is 41.8. The molecule has 2 bridgehead atoms. The van der Waals surface area contributed by atoms with Gasteiger partial charge in [0.15, 0.2) is 0 Å². The lowest BCUT2D eigenvalue weighted by molar-refractivity contribution is -0.155. The van der Waals surface area contributed by atoms with Gasteiger partial charge in [0.05, 0.1) is 0 Å². The second-order valence-corrected chi connectivity index (χ2v) is 5.69. The molecule has 2 aliphatic carbocycles. The zero-order valence-electron chi connectivity index (χ0n) is 10.4. The lowest BCUT2D eigenvalue weighted by Gasteiger charge is -2.33. The predicted octanol–water partition coefficient (Wildman–Crippen LogP) is 3.32. The molecule has 0 aromatic rings. The molecule has 0 aliphatic heterocycles. The van der Waals surface area contributed by atoms with E-state index in [0.717, 1.165) is 18.3 Å². The van der Waals surface area contributed by atoms with E-state index in [4.69, 9.17) is 4.74 Å². The third kappa shape index (κ3) is 2.02. The fourth-order valence-corrected chi connectivity index (χ4v) is 3.70. The third-order valence-electron chi connectivity index (χ3n) is 4.54. The topological polar surface area (TPSA) is 26.3 Å². The Hall–Kier alpha value is -0.790. The van der Waals surface area contributed by atoms with Crippen molar-refractivity contribution < 1.29 is 9.53 Å². The van der Waals surface area contributed by atoms with E-state index in [1.54, 1.807) is 0 Å². The first kappa shape index (κ1) is 11.7. The molecule has 0 aromatic heterocycles. The molecule has 0 aromatic carbocycles. The van der Waals surface area contributed by atoms with Gasteiger partial charge in [-0.2, -0.15) is 0 Å². The number of ether oxygens (including phenoxy) is 1. The summed E-state index contributed by atoms with van der Waals surface area (Å²) in [5.74, 6) is 1.92. The molecule has 0 spiro atoms. The Labute approximate surface area is 98.1 Å². The van der Waals surface area contributed by atoms with E-state index in [2.05, 4.69) is 20.4 Å². The molecule has 2 rings (SSSR count). The highest BCUT2D eigenvalue weighted by molar-refractivity contribution is 5.81. The van der Waals surface area contributed by atoms with Crippen molar-refractivity contribution >= 4 is 5.97 Å². The van der Waals surface area contributed by atoms with E-state index >= 15 is 0 Å². The minimum absolute atomic E-state index is 0.222. The van der Waals surface area contributed by atoms with Crippen molar-refractivity contribution in [2.75, 3.05) is 0 Å². The van der Waals surface area contributed by atoms with Crippen molar-refractivity contribution in [3.05, 3.63) is 12.7 Å². The van der Waals surface area contributed by atoms with E-state index in [9.17, 15) is 4.79 Å². The van der Waals surface area contributed by atoms with Crippen LogP contribution in [0.1, 0.15) is 46.0 Å². The Morgan fingerprint density at radius 1 is 1.50 bits per heavy atom. The van der Waals surface area contributed by atoms with E-state index in [1.807, 2.05) is 0 Å². The van der Waals surface area contributed by atoms with Crippen molar-refractivity contribution in [3.8, 4) is 0 Å². The van der Waals surface area contributed by atoms with Gasteiger partial charge < -0.3 is 4.74 Å². The van der Waals surface area contributed by atoms with Gasteiger partial charge in [-0.25, -0.2) is 4.79 Å². The molecule has 2 nitrogen and oxygen atoms in total. The molecule has 0 N–H and O–H groups in total. The summed E-state index contributed by atoms with van der Waals surface area (Å²) >= 11 is 0. The van der Waals surface area contributed by atoms with Gasteiger partial charge >= 0.3 is 5.97 Å². The summed E-state index contributed by atoms with van der Waals surface area (Å²) < 4.78 is 5.60. The number of rotatable bonds is 3. The van der Waals surface area contributed by atoms with Crippen LogP contribution >= 0.6 is 0 Å². The standard InChI is InChI=1S/C14H22O2/c1-4-10-6-11-8-12(7-10)14(3,9-11)16-13(15)5-2/h5,10-12H,2,4,6-9H2,1,3H3. The molecule has 90 valence electrons. The molecular formula is C14H22O2. The number of hydrogen-bond acceptors (Lipinski definition) is 2. The highest BCUT2D eigenvalue weighted by atomic mass is 16.6. The van der Waals surface area contributed by atoms with Crippen LogP contribution < -0.4 is 0 Å². The number of fused-ring (bicyclic) bond motifs is 2. The van der Waals surface area contributed by atoms with Gasteiger partial charge in [-0.3, -0.25) is 0 Å². The SMILES string of the molecule is C=CC(=O)OC1(C)CC2CC(CC)CC1C2. The van der Waals surface area contributed by atoms with Crippen LogP contribution in [0.25, 0.3) is 0 Å². The molecular weight excluding hydrogens is 200 g/mol. The Bertz CT molecular complexity index is 297. The minimum Gasteiger partial charge on any atom is -0.456 e. The predicted molar refractivity (Wildman–Crippen MR) is 63.9 cm³/mol. The molecule has 0 saturated heterocycles. The van der Waals surface area contributed by atoms with Crippen LogP contribution in [-0.4, -0.2) is 11.6 Å². The summed E-state index contributed by atoms with van der Waals surface area (Å²) in [4.78, 5) is 11.4. The quantitative estimate of drug-likeness (QED) is 0.541. The van der Waals surface area contributed by atoms with E-state index < -0.39 is 0 Å².